The zero-order valence-corrected chi connectivity index (χ0v) is 13.2. The van der Waals surface area contributed by atoms with Crippen molar-refractivity contribution in [3.8, 4) is 22.8 Å². The maximum Gasteiger partial charge on any atom is 0.352 e. The third-order valence-electron chi connectivity index (χ3n) is 3.49. The van der Waals surface area contributed by atoms with E-state index in [4.69, 9.17) is 14.2 Å². The molecule has 0 amide bonds. The number of aryl methyl sites for hydroxylation is 1. The Morgan fingerprint density at radius 2 is 2.04 bits per heavy atom. The lowest BCUT2D eigenvalue weighted by Gasteiger charge is -2.01. The maximum atomic E-state index is 12.1. The van der Waals surface area contributed by atoms with Gasteiger partial charge in [-0.25, -0.2) is 4.79 Å². The van der Waals surface area contributed by atoms with Gasteiger partial charge in [0.2, 0.25) is 5.82 Å². The van der Waals surface area contributed by atoms with Gasteiger partial charge < -0.3 is 19.1 Å². The van der Waals surface area contributed by atoms with E-state index >= 15 is 0 Å². The number of aromatic amines is 1. The molecule has 2 N–H and O–H groups in total. The highest BCUT2D eigenvalue weighted by atomic mass is 16.5. The van der Waals surface area contributed by atoms with E-state index in [-0.39, 0.29) is 28.9 Å². The molecular weight excluding hydrogens is 316 g/mol. The van der Waals surface area contributed by atoms with Gasteiger partial charge in [-0.3, -0.25) is 4.79 Å². The number of nitrogens with one attached hydrogen (secondary N) is 1. The molecule has 0 atom stereocenters. The third-order valence-corrected chi connectivity index (χ3v) is 3.49. The number of aromatic nitrogens is 4. The lowest BCUT2D eigenvalue weighted by molar-refractivity contribution is 0.0689. The van der Waals surface area contributed by atoms with Gasteiger partial charge in [0.05, 0.1) is 11.3 Å². The molecule has 3 heterocycles. The predicted molar refractivity (Wildman–Crippen MR) is 81.6 cm³/mol. The smallest absolute Gasteiger partial charge is 0.352 e. The number of pyridine rings is 1. The highest BCUT2D eigenvalue weighted by Crippen LogP contribution is 2.28. The zero-order chi connectivity index (χ0) is 17.4. The number of hydrogen-bond acceptors (Lipinski definition) is 7. The van der Waals surface area contributed by atoms with Crippen molar-refractivity contribution in [2.45, 2.75) is 26.7 Å². The molecule has 0 aromatic carbocycles. The van der Waals surface area contributed by atoms with Crippen molar-refractivity contribution < 1.29 is 18.9 Å². The molecule has 0 aliphatic carbocycles. The van der Waals surface area contributed by atoms with Crippen LogP contribution in [0, 0.1) is 6.92 Å². The molecule has 0 spiro atoms. The quantitative estimate of drug-likeness (QED) is 0.743. The van der Waals surface area contributed by atoms with Crippen LogP contribution in [0.4, 0.5) is 0 Å². The number of hydrogen-bond donors (Lipinski definition) is 2. The first-order valence-corrected chi connectivity index (χ1v) is 7.14. The Morgan fingerprint density at radius 1 is 1.29 bits per heavy atom. The monoisotopic (exact) mass is 330 g/mol. The van der Waals surface area contributed by atoms with Gasteiger partial charge in [0.15, 0.2) is 0 Å². The van der Waals surface area contributed by atoms with Crippen LogP contribution in [0.25, 0.3) is 22.8 Å². The molecule has 0 fully saturated rings. The first-order valence-electron chi connectivity index (χ1n) is 7.14. The lowest BCUT2D eigenvalue weighted by atomic mass is 10.1. The fraction of sp³-hybridized carbons (Fsp3) is 0.267. The van der Waals surface area contributed by atoms with Crippen LogP contribution < -0.4 is 5.56 Å². The summed E-state index contributed by atoms with van der Waals surface area (Å²) < 4.78 is 10.1. The van der Waals surface area contributed by atoms with Crippen LogP contribution in [0.15, 0.2) is 26.2 Å². The first-order chi connectivity index (χ1) is 11.4. The van der Waals surface area contributed by atoms with Gasteiger partial charge in [-0.05, 0) is 24.5 Å². The van der Waals surface area contributed by atoms with Crippen LogP contribution in [-0.2, 0) is 0 Å². The van der Waals surface area contributed by atoms with Crippen molar-refractivity contribution in [1.82, 2.24) is 20.3 Å². The SMILES string of the molecule is Cc1cc(-c2noc(-c3conc3C(C)C)n2)c(=O)[nH]c1C(=O)O. The molecule has 0 aliphatic rings. The Kier molecular flexibility index (Phi) is 3.76. The fourth-order valence-corrected chi connectivity index (χ4v) is 2.29. The van der Waals surface area contributed by atoms with Crippen molar-refractivity contribution in [3.05, 3.63) is 39.6 Å². The third kappa shape index (κ3) is 2.60. The average molecular weight is 330 g/mol. The highest BCUT2D eigenvalue weighted by Gasteiger charge is 2.21. The van der Waals surface area contributed by atoms with Crippen LogP contribution in [0.2, 0.25) is 0 Å². The normalized spacial score (nSPS) is 11.2. The van der Waals surface area contributed by atoms with E-state index < -0.39 is 11.5 Å². The topological polar surface area (TPSA) is 135 Å². The average Bonchev–Trinajstić information content (AvgIpc) is 3.16. The summed E-state index contributed by atoms with van der Waals surface area (Å²) in [6.45, 7) is 5.45. The molecule has 3 aromatic rings. The minimum absolute atomic E-state index is 0.0576. The van der Waals surface area contributed by atoms with Crippen molar-refractivity contribution in [2.75, 3.05) is 0 Å². The Bertz CT molecular complexity index is 966. The summed E-state index contributed by atoms with van der Waals surface area (Å²) in [7, 11) is 0. The first kappa shape index (κ1) is 15.7. The minimum Gasteiger partial charge on any atom is -0.477 e. The second kappa shape index (κ2) is 5.76. The van der Waals surface area contributed by atoms with Gasteiger partial charge in [0.1, 0.15) is 17.5 Å². The second-order valence-corrected chi connectivity index (χ2v) is 5.57. The number of rotatable bonds is 4. The molecule has 0 aliphatic heterocycles. The van der Waals surface area contributed by atoms with E-state index in [1.807, 2.05) is 13.8 Å². The van der Waals surface area contributed by atoms with Gasteiger partial charge in [-0.2, -0.15) is 4.98 Å². The molecule has 0 saturated heterocycles. The van der Waals surface area contributed by atoms with Crippen LogP contribution in [0.3, 0.4) is 0 Å². The molecule has 0 radical (unpaired) electrons. The summed E-state index contributed by atoms with van der Waals surface area (Å²) in [5.41, 5.74) is 0.940. The molecule has 0 bridgehead atoms. The Balaban J connectivity index is 2.06. The van der Waals surface area contributed by atoms with Crippen molar-refractivity contribution >= 4 is 5.97 Å². The Labute approximate surface area is 135 Å². The summed E-state index contributed by atoms with van der Waals surface area (Å²) in [6, 6.07) is 1.41. The fourth-order valence-electron chi connectivity index (χ4n) is 2.29. The van der Waals surface area contributed by atoms with E-state index in [0.717, 1.165) is 0 Å². The largest absolute Gasteiger partial charge is 0.477 e. The van der Waals surface area contributed by atoms with Crippen molar-refractivity contribution in [2.24, 2.45) is 0 Å². The summed E-state index contributed by atoms with van der Waals surface area (Å²) in [5.74, 6) is -0.887. The number of H-pyrrole nitrogens is 1. The predicted octanol–water partition coefficient (Wildman–Crippen LogP) is 2.21. The van der Waals surface area contributed by atoms with E-state index in [1.54, 1.807) is 6.92 Å². The molecule has 3 rings (SSSR count). The van der Waals surface area contributed by atoms with Crippen LogP contribution in [0.5, 0.6) is 0 Å². The van der Waals surface area contributed by atoms with Crippen molar-refractivity contribution in [3.63, 3.8) is 0 Å². The Morgan fingerprint density at radius 3 is 2.71 bits per heavy atom. The van der Waals surface area contributed by atoms with Gasteiger partial charge >= 0.3 is 5.97 Å². The number of aromatic carboxylic acids is 1. The molecule has 0 saturated carbocycles. The molecule has 3 aromatic heterocycles. The standard InChI is InChI=1S/C15H14N4O5/c1-6(2)10-9(5-23-18-10)14-17-12(19-24-14)8-4-7(3)11(15(21)22)16-13(8)20/h4-6H,1-3H3,(H,16,20)(H,21,22). The molecule has 0 unspecified atom stereocenters. The number of carbonyl (C=O) groups is 1. The molecule has 124 valence electrons. The highest BCUT2D eigenvalue weighted by molar-refractivity contribution is 5.87. The second-order valence-electron chi connectivity index (χ2n) is 5.57. The van der Waals surface area contributed by atoms with Gasteiger partial charge in [0, 0.05) is 0 Å². The van der Waals surface area contributed by atoms with E-state index in [9.17, 15) is 9.59 Å². The molecular formula is C15H14N4O5. The number of nitrogens with zero attached hydrogens (tertiary/aromatic N) is 3. The van der Waals surface area contributed by atoms with E-state index in [0.29, 0.717) is 16.8 Å². The molecule has 9 nitrogen and oxygen atoms in total. The summed E-state index contributed by atoms with van der Waals surface area (Å²) in [4.78, 5) is 29.6. The zero-order valence-electron chi connectivity index (χ0n) is 13.2. The Hall–Kier alpha value is -3.23. The van der Waals surface area contributed by atoms with Gasteiger partial charge in [0.25, 0.3) is 11.4 Å². The molecule has 9 heteroatoms. The number of carboxylic acid groups (broad SMARTS) is 1. The summed E-state index contributed by atoms with van der Waals surface area (Å²) >= 11 is 0. The van der Waals surface area contributed by atoms with Crippen LogP contribution in [0.1, 0.15) is 41.5 Å². The van der Waals surface area contributed by atoms with Crippen LogP contribution >= 0.6 is 0 Å². The number of carboxylic acids is 1. The van der Waals surface area contributed by atoms with Gasteiger partial charge in [-0.1, -0.05) is 24.2 Å². The van der Waals surface area contributed by atoms with E-state index in [2.05, 4.69) is 20.3 Å². The van der Waals surface area contributed by atoms with Crippen molar-refractivity contribution in [1.29, 1.82) is 0 Å². The van der Waals surface area contributed by atoms with E-state index in [1.165, 1.54) is 12.3 Å². The van der Waals surface area contributed by atoms with Gasteiger partial charge in [-0.15, -0.1) is 0 Å². The summed E-state index contributed by atoms with van der Waals surface area (Å²) in [5, 5.41) is 16.7. The van der Waals surface area contributed by atoms with Crippen LogP contribution in [-0.4, -0.2) is 31.4 Å². The summed E-state index contributed by atoms with van der Waals surface area (Å²) in [6.07, 6.45) is 1.40. The molecule has 24 heavy (non-hydrogen) atoms. The minimum atomic E-state index is -1.21. The lowest BCUT2D eigenvalue weighted by Crippen LogP contribution is -2.16. The maximum absolute atomic E-state index is 12.1.